The summed E-state index contributed by atoms with van der Waals surface area (Å²) in [5, 5.41) is 8.65. The molecule has 0 radical (unpaired) electrons. The van der Waals surface area contributed by atoms with Crippen LogP contribution >= 0.6 is 0 Å². The lowest BCUT2D eigenvalue weighted by Gasteiger charge is -2.12. The Labute approximate surface area is 101 Å². The predicted octanol–water partition coefficient (Wildman–Crippen LogP) is 2.08. The van der Waals surface area contributed by atoms with Crippen molar-refractivity contribution in [2.75, 3.05) is 6.61 Å². The molecule has 18 heavy (non-hydrogen) atoms. The smallest absolute Gasteiger partial charge is 0.419 e. The van der Waals surface area contributed by atoms with Crippen LogP contribution in [0.15, 0.2) is 12.3 Å². The van der Waals surface area contributed by atoms with Crippen molar-refractivity contribution in [1.29, 1.82) is 5.26 Å². The Morgan fingerprint density at radius 3 is 2.72 bits per heavy atom. The number of ether oxygens (including phenoxy) is 1. The highest BCUT2D eigenvalue weighted by Crippen LogP contribution is 2.33. The van der Waals surface area contributed by atoms with E-state index in [1.807, 2.05) is 0 Å². The Morgan fingerprint density at radius 1 is 1.56 bits per heavy atom. The highest BCUT2D eigenvalue weighted by atomic mass is 19.4. The normalized spacial score (nSPS) is 10.8. The van der Waals surface area contributed by atoms with Crippen molar-refractivity contribution in [3.63, 3.8) is 0 Å². The number of aromatic nitrogens is 1. The van der Waals surface area contributed by atoms with Crippen LogP contribution in [0.3, 0.4) is 0 Å². The van der Waals surface area contributed by atoms with Gasteiger partial charge in [0.1, 0.15) is 0 Å². The zero-order valence-electron chi connectivity index (χ0n) is 9.41. The molecule has 0 amide bonds. The highest BCUT2D eigenvalue weighted by molar-refractivity contribution is 5.72. The van der Waals surface area contributed by atoms with Crippen LogP contribution in [0, 0.1) is 11.3 Å². The monoisotopic (exact) mass is 258 g/mol. The number of hydrogen-bond donors (Lipinski definition) is 0. The molecule has 0 aliphatic rings. The Kier molecular flexibility index (Phi) is 4.26. The first kappa shape index (κ1) is 14.0. The molecule has 0 N–H and O–H groups in total. The lowest BCUT2D eigenvalue weighted by molar-refractivity contribution is -0.143. The van der Waals surface area contributed by atoms with Crippen molar-refractivity contribution in [3.05, 3.63) is 29.1 Å². The molecule has 0 spiro atoms. The topological polar surface area (TPSA) is 63.0 Å². The number of carbonyl (C=O) groups is 1. The van der Waals surface area contributed by atoms with Crippen molar-refractivity contribution in [3.8, 4) is 6.07 Å². The van der Waals surface area contributed by atoms with Crippen molar-refractivity contribution in [1.82, 2.24) is 4.98 Å². The average molecular weight is 258 g/mol. The average Bonchev–Trinajstić information content (AvgIpc) is 2.27. The van der Waals surface area contributed by atoms with Gasteiger partial charge in [0.05, 0.1) is 35.9 Å². The van der Waals surface area contributed by atoms with Gasteiger partial charge in [-0.15, -0.1) is 0 Å². The molecule has 1 rings (SSSR count). The summed E-state index contributed by atoms with van der Waals surface area (Å²) in [6.07, 6.45) is -4.29. The summed E-state index contributed by atoms with van der Waals surface area (Å²) in [5.74, 6) is -0.814. The molecular formula is C11H9F3N2O2. The quantitative estimate of drug-likeness (QED) is 0.778. The summed E-state index contributed by atoms with van der Waals surface area (Å²) >= 11 is 0. The number of nitriles is 1. The summed E-state index contributed by atoms with van der Waals surface area (Å²) in [6.45, 7) is 1.61. The largest absolute Gasteiger partial charge is 0.466 e. The Bertz CT molecular complexity index is 492. The summed E-state index contributed by atoms with van der Waals surface area (Å²) in [5.41, 5.74) is -2.24. The van der Waals surface area contributed by atoms with Crippen LogP contribution in [0.1, 0.15) is 23.7 Å². The van der Waals surface area contributed by atoms with Crippen molar-refractivity contribution in [2.45, 2.75) is 19.5 Å². The number of nitrogens with zero attached hydrogens (tertiary/aromatic N) is 2. The second kappa shape index (κ2) is 5.49. The maximum Gasteiger partial charge on any atom is 0.419 e. The molecule has 0 atom stereocenters. The fourth-order valence-corrected chi connectivity index (χ4v) is 1.40. The summed E-state index contributed by atoms with van der Waals surface area (Å²) in [4.78, 5) is 14.7. The molecule has 0 bridgehead atoms. The molecule has 1 aromatic rings. The predicted molar refractivity (Wildman–Crippen MR) is 54.3 cm³/mol. The van der Waals surface area contributed by atoms with Gasteiger partial charge in [-0.1, -0.05) is 0 Å². The van der Waals surface area contributed by atoms with E-state index in [1.165, 1.54) is 6.07 Å². The fraction of sp³-hybridized carbons (Fsp3) is 0.364. The molecule has 0 fully saturated rings. The van der Waals surface area contributed by atoms with E-state index in [0.717, 1.165) is 12.3 Å². The lowest BCUT2D eigenvalue weighted by Crippen LogP contribution is -2.17. The third-order valence-corrected chi connectivity index (χ3v) is 2.05. The number of alkyl halides is 3. The van der Waals surface area contributed by atoms with Gasteiger partial charge in [-0.05, 0) is 13.0 Å². The third-order valence-electron chi connectivity index (χ3n) is 2.05. The van der Waals surface area contributed by atoms with Crippen LogP contribution in [0.4, 0.5) is 13.2 Å². The van der Waals surface area contributed by atoms with Gasteiger partial charge in [-0.2, -0.15) is 18.4 Å². The maximum atomic E-state index is 12.8. The van der Waals surface area contributed by atoms with Crippen molar-refractivity contribution < 1.29 is 22.7 Å². The Balaban J connectivity index is 3.20. The first-order chi connectivity index (χ1) is 8.40. The molecule has 0 unspecified atom stereocenters. The number of esters is 1. The molecule has 7 heteroatoms. The maximum absolute atomic E-state index is 12.8. The summed E-state index contributed by atoms with van der Waals surface area (Å²) in [6, 6.07) is 2.39. The zero-order chi connectivity index (χ0) is 13.8. The Hall–Kier alpha value is -2.10. The number of hydrogen-bond acceptors (Lipinski definition) is 4. The van der Waals surface area contributed by atoms with Gasteiger partial charge < -0.3 is 4.74 Å². The van der Waals surface area contributed by atoms with Crippen LogP contribution in [0.5, 0.6) is 0 Å². The first-order valence-corrected chi connectivity index (χ1v) is 5.01. The molecule has 0 aliphatic heterocycles. The Morgan fingerprint density at radius 2 is 2.22 bits per heavy atom. The van der Waals surface area contributed by atoms with Gasteiger partial charge in [0, 0.05) is 6.20 Å². The van der Waals surface area contributed by atoms with Crippen LogP contribution in [0.25, 0.3) is 0 Å². The first-order valence-electron chi connectivity index (χ1n) is 5.01. The van der Waals surface area contributed by atoms with Crippen molar-refractivity contribution in [2.24, 2.45) is 0 Å². The molecule has 0 aromatic carbocycles. The highest BCUT2D eigenvalue weighted by Gasteiger charge is 2.37. The van der Waals surface area contributed by atoms with Crippen LogP contribution in [-0.2, 0) is 22.1 Å². The molecule has 0 aliphatic carbocycles. The number of pyridine rings is 1. The second-order valence-corrected chi connectivity index (χ2v) is 3.27. The second-order valence-electron chi connectivity index (χ2n) is 3.27. The molecule has 0 saturated carbocycles. The zero-order valence-corrected chi connectivity index (χ0v) is 9.41. The van der Waals surface area contributed by atoms with E-state index in [-0.39, 0.29) is 6.61 Å². The minimum absolute atomic E-state index is 0.0676. The van der Waals surface area contributed by atoms with Gasteiger partial charge >= 0.3 is 12.1 Å². The van der Waals surface area contributed by atoms with E-state index in [2.05, 4.69) is 9.72 Å². The summed E-state index contributed by atoms with van der Waals surface area (Å²) in [7, 11) is 0. The van der Waals surface area contributed by atoms with Gasteiger partial charge in [-0.3, -0.25) is 9.78 Å². The SMILES string of the molecule is CCOC(=O)Cc1nccc(C#N)c1C(F)(F)F. The lowest BCUT2D eigenvalue weighted by atomic mass is 10.0. The number of halogens is 3. The van der Waals surface area contributed by atoms with E-state index in [9.17, 15) is 18.0 Å². The molecule has 1 heterocycles. The molecule has 0 saturated heterocycles. The molecule has 96 valence electrons. The van der Waals surface area contributed by atoms with Gasteiger partial charge in [-0.25, -0.2) is 0 Å². The van der Waals surface area contributed by atoms with Gasteiger partial charge in [0.15, 0.2) is 0 Å². The summed E-state index contributed by atoms with van der Waals surface area (Å²) < 4.78 is 42.9. The number of rotatable bonds is 3. The van der Waals surface area contributed by atoms with E-state index >= 15 is 0 Å². The van der Waals surface area contributed by atoms with E-state index in [4.69, 9.17) is 5.26 Å². The van der Waals surface area contributed by atoms with E-state index in [1.54, 1.807) is 6.92 Å². The molecular weight excluding hydrogens is 249 g/mol. The molecule has 1 aromatic heterocycles. The van der Waals surface area contributed by atoms with Crippen LogP contribution in [0.2, 0.25) is 0 Å². The van der Waals surface area contributed by atoms with Gasteiger partial charge in [0.2, 0.25) is 0 Å². The minimum Gasteiger partial charge on any atom is -0.466 e. The van der Waals surface area contributed by atoms with Crippen molar-refractivity contribution >= 4 is 5.97 Å². The third kappa shape index (κ3) is 3.20. The van der Waals surface area contributed by atoms with Crippen LogP contribution < -0.4 is 0 Å². The standard InChI is InChI=1S/C11H9F3N2O2/c1-2-18-9(17)5-8-10(11(12,13)14)7(6-15)3-4-16-8/h3-4H,2,5H2,1H3. The van der Waals surface area contributed by atoms with Crippen LogP contribution in [-0.4, -0.2) is 17.6 Å². The van der Waals surface area contributed by atoms with E-state index < -0.39 is 35.4 Å². The minimum atomic E-state index is -4.73. The van der Waals surface area contributed by atoms with Gasteiger partial charge in [0.25, 0.3) is 0 Å². The fourth-order valence-electron chi connectivity index (χ4n) is 1.40. The molecule has 4 nitrogen and oxygen atoms in total. The number of carbonyl (C=O) groups excluding carboxylic acids is 1. The van der Waals surface area contributed by atoms with E-state index in [0.29, 0.717) is 0 Å².